The van der Waals surface area contributed by atoms with Crippen LogP contribution in [0.25, 0.3) is 0 Å². The number of nitrogens with one attached hydrogen (secondary N) is 1. The van der Waals surface area contributed by atoms with Crippen molar-refractivity contribution in [3.63, 3.8) is 0 Å². The first kappa shape index (κ1) is 12.7. The Balaban J connectivity index is 2.85. The molecule has 0 aromatic heterocycles. The van der Waals surface area contributed by atoms with Crippen LogP contribution in [-0.4, -0.2) is 14.7 Å². The highest BCUT2D eigenvalue weighted by molar-refractivity contribution is 9.10. The lowest BCUT2D eigenvalue weighted by molar-refractivity contribution is 0.587. The molecule has 5 heteroatoms. The Morgan fingerprint density at radius 2 is 2.00 bits per heavy atom. The lowest BCUT2D eigenvalue weighted by atomic mass is 10.1. The number of hydrogen-bond donors (Lipinski definition) is 1. The van der Waals surface area contributed by atoms with E-state index in [0.29, 0.717) is 6.54 Å². The molecule has 0 saturated carbocycles. The fourth-order valence-electron chi connectivity index (χ4n) is 1.30. The molecule has 0 aliphatic carbocycles. The molecule has 0 unspecified atom stereocenters. The maximum Gasteiger partial charge on any atom is 0.209 e. The molecule has 1 aromatic carbocycles. The minimum absolute atomic E-state index is 0.356. The summed E-state index contributed by atoms with van der Waals surface area (Å²) in [4.78, 5) is 0. The van der Waals surface area contributed by atoms with Gasteiger partial charge in [0.15, 0.2) is 0 Å². The van der Waals surface area contributed by atoms with Gasteiger partial charge in [0.05, 0.1) is 6.26 Å². The van der Waals surface area contributed by atoms with E-state index in [-0.39, 0.29) is 0 Å². The summed E-state index contributed by atoms with van der Waals surface area (Å²) in [7, 11) is -3.12. The molecule has 0 heterocycles. The molecule has 0 spiro atoms. The van der Waals surface area contributed by atoms with E-state index in [2.05, 4.69) is 20.7 Å². The second-order valence-corrected chi connectivity index (χ2v) is 6.11. The number of halogens is 1. The maximum atomic E-state index is 11.0. The van der Waals surface area contributed by atoms with E-state index in [1.165, 1.54) is 0 Å². The highest BCUT2D eigenvalue weighted by atomic mass is 79.9. The Morgan fingerprint density at radius 3 is 2.53 bits per heavy atom. The monoisotopic (exact) mass is 291 g/mol. The van der Waals surface area contributed by atoms with Gasteiger partial charge in [-0.05, 0) is 29.7 Å². The van der Waals surface area contributed by atoms with Crippen molar-refractivity contribution >= 4 is 26.0 Å². The first-order chi connectivity index (χ1) is 6.92. The van der Waals surface area contributed by atoms with Crippen molar-refractivity contribution in [2.24, 2.45) is 0 Å². The van der Waals surface area contributed by atoms with Gasteiger partial charge < -0.3 is 0 Å². The molecular weight excluding hydrogens is 278 g/mol. The second-order valence-electron chi connectivity index (χ2n) is 3.36. The summed E-state index contributed by atoms with van der Waals surface area (Å²) in [6.07, 6.45) is 2.05. The summed E-state index contributed by atoms with van der Waals surface area (Å²) in [5.41, 5.74) is 2.17. The topological polar surface area (TPSA) is 46.2 Å². The van der Waals surface area contributed by atoms with Crippen molar-refractivity contribution in [2.45, 2.75) is 19.9 Å². The first-order valence-corrected chi connectivity index (χ1v) is 7.32. The SMILES string of the molecule is CCc1cc(Br)ccc1CNS(C)(=O)=O. The summed E-state index contributed by atoms with van der Waals surface area (Å²) < 4.78 is 25.4. The number of sulfonamides is 1. The minimum atomic E-state index is -3.12. The molecule has 1 rings (SSSR count). The number of aryl methyl sites for hydroxylation is 1. The normalized spacial score (nSPS) is 11.7. The molecule has 1 aromatic rings. The van der Waals surface area contributed by atoms with Gasteiger partial charge in [0, 0.05) is 11.0 Å². The predicted octanol–water partition coefficient (Wildman–Crippen LogP) is 2.06. The second kappa shape index (κ2) is 5.09. The Morgan fingerprint density at radius 1 is 1.33 bits per heavy atom. The zero-order chi connectivity index (χ0) is 11.5. The van der Waals surface area contributed by atoms with Crippen LogP contribution >= 0.6 is 15.9 Å². The lowest BCUT2D eigenvalue weighted by Gasteiger charge is -2.08. The number of benzene rings is 1. The minimum Gasteiger partial charge on any atom is -0.213 e. The van der Waals surface area contributed by atoms with Crippen LogP contribution < -0.4 is 4.72 Å². The van der Waals surface area contributed by atoms with Crippen LogP contribution in [0.2, 0.25) is 0 Å². The average molecular weight is 292 g/mol. The van der Waals surface area contributed by atoms with Gasteiger partial charge in [-0.25, -0.2) is 13.1 Å². The van der Waals surface area contributed by atoms with Crippen molar-refractivity contribution < 1.29 is 8.42 Å². The fourth-order valence-corrected chi connectivity index (χ4v) is 2.13. The third kappa shape index (κ3) is 4.32. The molecule has 1 N–H and O–H groups in total. The van der Waals surface area contributed by atoms with Gasteiger partial charge in [-0.15, -0.1) is 0 Å². The van der Waals surface area contributed by atoms with Crippen molar-refractivity contribution in [2.75, 3.05) is 6.26 Å². The number of rotatable bonds is 4. The van der Waals surface area contributed by atoms with E-state index in [1.54, 1.807) is 0 Å². The maximum absolute atomic E-state index is 11.0. The molecule has 0 bridgehead atoms. The summed E-state index contributed by atoms with van der Waals surface area (Å²) in [6, 6.07) is 5.86. The van der Waals surface area contributed by atoms with Gasteiger partial charge >= 0.3 is 0 Å². The van der Waals surface area contributed by atoms with Gasteiger partial charge in [-0.1, -0.05) is 28.9 Å². The van der Waals surface area contributed by atoms with Gasteiger partial charge in [-0.3, -0.25) is 0 Å². The highest BCUT2D eigenvalue weighted by Crippen LogP contribution is 2.17. The molecular formula is C10H14BrNO2S. The Hall–Kier alpha value is -0.390. The summed E-state index contributed by atoms with van der Waals surface area (Å²) in [5, 5.41) is 0. The van der Waals surface area contributed by atoms with Crippen molar-refractivity contribution in [3.05, 3.63) is 33.8 Å². The van der Waals surface area contributed by atoms with Crippen LogP contribution in [0.15, 0.2) is 22.7 Å². The van der Waals surface area contributed by atoms with Crippen LogP contribution in [0.5, 0.6) is 0 Å². The summed E-state index contributed by atoms with van der Waals surface area (Å²) in [5.74, 6) is 0. The van der Waals surface area contributed by atoms with Gasteiger partial charge in [0.25, 0.3) is 0 Å². The Bertz CT molecular complexity index is 443. The van der Waals surface area contributed by atoms with Crippen molar-refractivity contribution in [3.8, 4) is 0 Å². The van der Waals surface area contributed by atoms with Gasteiger partial charge in [-0.2, -0.15) is 0 Å². The highest BCUT2D eigenvalue weighted by Gasteiger charge is 2.05. The van der Waals surface area contributed by atoms with E-state index in [9.17, 15) is 8.42 Å². The molecule has 0 atom stereocenters. The molecule has 3 nitrogen and oxygen atoms in total. The smallest absolute Gasteiger partial charge is 0.209 e. The molecule has 0 aliphatic heterocycles. The molecule has 0 aliphatic rings. The quantitative estimate of drug-likeness (QED) is 0.923. The third-order valence-corrected chi connectivity index (χ3v) is 3.24. The standard InChI is InChI=1S/C10H14BrNO2S/c1-3-8-6-10(11)5-4-9(8)7-12-15(2,13)14/h4-6,12H,3,7H2,1-2H3. The van der Waals surface area contributed by atoms with Crippen LogP contribution in [0.4, 0.5) is 0 Å². The fraction of sp³-hybridized carbons (Fsp3) is 0.400. The molecule has 0 saturated heterocycles. The van der Waals surface area contributed by atoms with Crippen molar-refractivity contribution in [1.82, 2.24) is 4.72 Å². The van der Waals surface area contributed by atoms with Crippen LogP contribution in [0.1, 0.15) is 18.1 Å². The first-order valence-electron chi connectivity index (χ1n) is 4.64. The van der Waals surface area contributed by atoms with E-state index in [4.69, 9.17) is 0 Å². The predicted molar refractivity (Wildman–Crippen MR) is 65.2 cm³/mol. The van der Waals surface area contributed by atoms with Gasteiger partial charge in [0.2, 0.25) is 10.0 Å². The molecule has 0 fully saturated rings. The third-order valence-electron chi connectivity index (χ3n) is 2.07. The molecule has 84 valence electrons. The Kier molecular flexibility index (Phi) is 4.31. The molecule has 0 radical (unpaired) electrons. The van der Waals surface area contributed by atoms with Crippen LogP contribution in [0.3, 0.4) is 0 Å². The van der Waals surface area contributed by atoms with E-state index in [0.717, 1.165) is 28.3 Å². The van der Waals surface area contributed by atoms with E-state index < -0.39 is 10.0 Å². The van der Waals surface area contributed by atoms with Gasteiger partial charge in [0.1, 0.15) is 0 Å². The number of hydrogen-bond acceptors (Lipinski definition) is 2. The van der Waals surface area contributed by atoms with Crippen LogP contribution in [-0.2, 0) is 23.0 Å². The molecule has 15 heavy (non-hydrogen) atoms. The Labute approximate surface area is 99.1 Å². The van der Waals surface area contributed by atoms with Crippen LogP contribution in [0, 0.1) is 0 Å². The summed E-state index contributed by atoms with van der Waals surface area (Å²) in [6.45, 7) is 2.40. The zero-order valence-corrected chi connectivity index (χ0v) is 11.2. The largest absolute Gasteiger partial charge is 0.213 e. The zero-order valence-electron chi connectivity index (χ0n) is 8.75. The van der Waals surface area contributed by atoms with Crippen molar-refractivity contribution in [1.29, 1.82) is 0 Å². The van der Waals surface area contributed by atoms with E-state index >= 15 is 0 Å². The summed E-state index contributed by atoms with van der Waals surface area (Å²) >= 11 is 3.39. The lowest BCUT2D eigenvalue weighted by Crippen LogP contribution is -2.21. The molecule has 0 amide bonds. The van der Waals surface area contributed by atoms with E-state index in [1.807, 2.05) is 25.1 Å². The average Bonchev–Trinajstić information content (AvgIpc) is 2.14.